The van der Waals surface area contributed by atoms with Gasteiger partial charge in [0.05, 0.1) is 29.7 Å². The second-order valence-corrected chi connectivity index (χ2v) is 11.5. The van der Waals surface area contributed by atoms with Gasteiger partial charge in [-0.1, -0.05) is 6.92 Å². The van der Waals surface area contributed by atoms with Crippen LogP contribution < -0.4 is 18.9 Å². The van der Waals surface area contributed by atoms with Crippen LogP contribution in [0.3, 0.4) is 0 Å². The van der Waals surface area contributed by atoms with E-state index in [1.54, 1.807) is 37.3 Å². The summed E-state index contributed by atoms with van der Waals surface area (Å²) in [6, 6.07) is 9.18. The average molecular weight is 548 g/mol. The Balaban J connectivity index is 1.69. The van der Waals surface area contributed by atoms with Crippen molar-refractivity contribution in [2.75, 3.05) is 51.6 Å². The van der Waals surface area contributed by atoms with Gasteiger partial charge < -0.3 is 28.7 Å². The first kappa shape index (κ1) is 27.5. The van der Waals surface area contributed by atoms with E-state index in [0.29, 0.717) is 23.6 Å². The number of likely N-dealkylation sites (N-methyl/N-ethyl adjacent to an activating group) is 1. The van der Waals surface area contributed by atoms with Crippen LogP contribution in [-0.4, -0.2) is 89.1 Å². The summed E-state index contributed by atoms with van der Waals surface area (Å²) >= 11 is 0. The van der Waals surface area contributed by atoms with Crippen molar-refractivity contribution in [3.63, 3.8) is 0 Å². The molecule has 11 nitrogen and oxygen atoms in total. The smallest absolute Gasteiger partial charge is 0.257 e. The second-order valence-electron chi connectivity index (χ2n) is 9.71. The molecule has 2 aromatic carbocycles. The molecule has 0 spiro atoms. The molecule has 4 rings (SSSR count). The van der Waals surface area contributed by atoms with Gasteiger partial charge in [-0.3, -0.25) is 14.3 Å². The molecule has 2 amide bonds. The Kier molecular flexibility index (Phi) is 8.02. The number of hydrogen-bond acceptors (Lipinski definition) is 8. The van der Waals surface area contributed by atoms with Crippen molar-refractivity contribution in [3.8, 4) is 17.2 Å². The highest BCUT2D eigenvalue weighted by Gasteiger charge is 2.31. The summed E-state index contributed by atoms with van der Waals surface area (Å²) in [7, 11) is -0.294. The zero-order valence-electron chi connectivity index (χ0n) is 22.1. The number of nitrogens with one attached hydrogen (secondary N) is 1. The Bertz CT molecular complexity index is 1320. The number of hydrogen-bond donors (Lipinski definition) is 1. The molecule has 38 heavy (non-hydrogen) atoms. The molecule has 3 atom stereocenters. The topological polar surface area (TPSA) is 124 Å². The van der Waals surface area contributed by atoms with Gasteiger partial charge in [0.1, 0.15) is 12.4 Å². The van der Waals surface area contributed by atoms with Crippen LogP contribution in [0.25, 0.3) is 0 Å². The highest BCUT2D eigenvalue weighted by atomic mass is 32.2. The molecule has 206 valence electrons. The molecule has 0 saturated carbocycles. The SMILES string of the molecule is CO[C@H]1CN(C)C(=O)c2ccc(NS(C)(=O)=O)cc2OC[C@H](C)N(C(=O)c2ccc3c(c2)OCO3)C[C@H]1C. The zero-order valence-corrected chi connectivity index (χ0v) is 22.9. The zero-order chi connectivity index (χ0) is 27.6. The number of anilines is 1. The third-order valence-electron chi connectivity index (χ3n) is 6.63. The third-order valence-corrected chi connectivity index (χ3v) is 7.24. The first-order valence-electron chi connectivity index (χ1n) is 12.2. The van der Waals surface area contributed by atoms with Crippen molar-refractivity contribution in [2.24, 2.45) is 5.92 Å². The Labute approximate surface area is 222 Å². The van der Waals surface area contributed by atoms with Gasteiger partial charge in [0, 0.05) is 44.8 Å². The van der Waals surface area contributed by atoms with Gasteiger partial charge in [0.2, 0.25) is 16.8 Å². The molecule has 0 bridgehead atoms. The van der Waals surface area contributed by atoms with Crippen molar-refractivity contribution in [3.05, 3.63) is 47.5 Å². The Hall–Kier alpha value is -3.51. The fourth-order valence-corrected chi connectivity index (χ4v) is 5.08. The first-order valence-corrected chi connectivity index (χ1v) is 14.1. The van der Waals surface area contributed by atoms with E-state index in [1.165, 1.54) is 23.1 Å². The quantitative estimate of drug-likeness (QED) is 0.619. The van der Waals surface area contributed by atoms with Gasteiger partial charge in [-0.15, -0.1) is 0 Å². The van der Waals surface area contributed by atoms with E-state index in [1.807, 2.05) is 13.8 Å². The molecule has 0 saturated heterocycles. The first-order chi connectivity index (χ1) is 18.0. The highest BCUT2D eigenvalue weighted by molar-refractivity contribution is 7.92. The number of rotatable bonds is 4. The van der Waals surface area contributed by atoms with Gasteiger partial charge >= 0.3 is 0 Å². The summed E-state index contributed by atoms with van der Waals surface area (Å²) in [5.74, 6) is 0.687. The van der Waals surface area contributed by atoms with Crippen molar-refractivity contribution >= 4 is 27.5 Å². The summed E-state index contributed by atoms with van der Waals surface area (Å²) in [6.45, 7) is 4.63. The number of carbonyl (C=O) groups is 2. The predicted molar refractivity (Wildman–Crippen MR) is 140 cm³/mol. The van der Waals surface area contributed by atoms with Gasteiger partial charge in [-0.05, 0) is 37.3 Å². The summed E-state index contributed by atoms with van der Waals surface area (Å²) in [6.07, 6.45) is 0.693. The molecule has 2 aromatic rings. The van der Waals surface area contributed by atoms with Crippen molar-refractivity contribution in [1.29, 1.82) is 0 Å². The normalized spacial score (nSPS) is 22.1. The molecular weight excluding hydrogens is 514 g/mol. The van der Waals surface area contributed by atoms with Crippen LogP contribution in [0.1, 0.15) is 34.6 Å². The molecule has 0 aromatic heterocycles. The van der Waals surface area contributed by atoms with E-state index in [9.17, 15) is 18.0 Å². The number of ether oxygens (including phenoxy) is 4. The molecule has 1 N–H and O–H groups in total. The molecule has 12 heteroatoms. The third kappa shape index (κ3) is 6.13. The summed E-state index contributed by atoms with van der Waals surface area (Å²) in [4.78, 5) is 30.3. The lowest BCUT2D eigenvalue weighted by Gasteiger charge is -2.36. The highest BCUT2D eigenvalue weighted by Crippen LogP contribution is 2.33. The Morgan fingerprint density at radius 3 is 2.47 bits per heavy atom. The number of amides is 2. The van der Waals surface area contributed by atoms with Gasteiger partial charge in [0.25, 0.3) is 11.8 Å². The van der Waals surface area contributed by atoms with Gasteiger partial charge in [0.15, 0.2) is 11.5 Å². The fourth-order valence-electron chi connectivity index (χ4n) is 4.53. The maximum atomic E-state index is 13.7. The van der Waals surface area contributed by atoms with Crippen molar-refractivity contribution < 1.29 is 37.0 Å². The van der Waals surface area contributed by atoms with Crippen LogP contribution in [0.5, 0.6) is 17.2 Å². The summed E-state index contributed by atoms with van der Waals surface area (Å²) < 4.78 is 48.6. The second kappa shape index (κ2) is 11.1. The standard InChI is InChI=1S/C26H33N3O8S/c1-16-12-29(25(30)18-6-9-21-23(10-18)37-15-36-21)17(2)14-35-22-11-19(27-38(5,32)33)7-8-20(22)26(31)28(3)13-24(16)34-4/h6-11,16-17,24,27H,12-15H2,1-5H3/t16-,17+,24+/m1/s1. The maximum absolute atomic E-state index is 13.7. The Morgan fingerprint density at radius 1 is 1.03 bits per heavy atom. The average Bonchev–Trinajstić information content (AvgIpc) is 3.34. The van der Waals surface area contributed by atoms with Crippen LogP contribution in [0.2, 0.25) is 0 Å². The van der Waals surface area contributed by atoms with Crippen molar-refractivity contribution in [1.82, 2.24) is 9.80 Å². The maximum Gasteiger partial charge on any atom is 0.257 e. The lowest BCUT2D eigenvalue weighted by Crippen LogP contribution is -2.48. The molecule has 2 aliphatic rings. The lowest BCUT2D eigenvalue weighted by atomic mass is 10.0. The number of fused-ring (bicyclic) bond motifs is 2. The minimum Gasteiger partial charge on any atom is -0.491 e. The monoisotopic (exact) mass is 547 g/mol. The van der Waals surface area contributed by atoms with Crippen LogP contribution in [0.15, 0.2) is 36.4 Å². The molecule has 2 aliphatic heterocycles. The lowest BCUT2D eigenvalue weighted by molar-refractivity contribution is 0.0111. The molecule has 0 radical (unpaired) electrons. The van der Waals surface area contributed by atoms with E-state index in [2.05, 4.69) is 4.72 Å². The molecule has 0 aliphatic carbocycles. The Morgan fingerprint density at radius 2 is 1.76 bits per heavy atom. The van der Waals surface area contributed by atoms with E-state index >= 15 is 0 Å². The minimum atomic E-state index is -3.54. The number of carbonyl (C=O) groups excluding carboxylic acids is 2. The number of sulfonamides is 1. The van der Waals surface area contributed by atoms with Crippen LogP contribution in [0, 0.1) is 5.92 Å². The molecule has 0 unspecified atom stereocenters. The molecule has 0 fully saturated rings. The largest absolute Gasteiger partial charge is 0.491 e. The van der Waals surface area contributed by atoms with Gasteiger partial charge in [-0.2, -0.15) is 0 Å². The number of methoxy groups -OCH3 is 1. The van der Waals surface area contributed by atoms with E-state index < -0.39 is 16.1 Å². The van der Waals surface area contributed by atoms with E-state index in [-0.39, 0.29) is 60.8 Å². The van der Waals surface area contributed by atoms with Crippen molar-refractivity contribution in [2.45, 2.75) is 26.0 Å². The fraction of sp³-hybridized carbons (Fsp3) is 0.462. The minimum absolute atomic E-state index is 0.0625. The van der Waals surface area contributed by atoms with E-state index in [4.69, 9.17) is 18.9 Å². The van der Waals surface area contributed by atoms with Crippen LogP contribution >= 0.6 is 0 Å². The molecule has 2 heterocycles. The van der Waals surface area contributed by atoms with Crippen LogP contribution in [0.4, 0.5) is 5.69 Å². The van der Waals surface area contributed by atoms with Gasteiger partial charge in [-0.25, -0.2) is 8.42 Å². The molecular formula is C26H33N3O8S. The predicted octanol–water partition coefficient (Wildman–Crippen LogP) is 2.43. The van der Waals surface area contributed by atoms with Crippen LogP contribution in [-0.2, 0) is 14.8 Å². The van der Waals surface area contributed by atoms with E-state index in [0.717, 1.165) is 6.26 Å². The number of nitrogens with zero attached hydrogens (tertiary/aromatic N) is 2. The summed E-state index contributed by atoms with van der Waals surface area (Å²) in [5, 5.41) is 0. The summed E-state index contributed by atoms with van der Waals surface area (Å²) in [5.41, 5.74) is 0.982. The number of benzene rings is 2.